The molecule has 0 N–H and O–H groups in total. The second kappa shape index (κ2) is 8.00. The summed E-state index contributed by atoms with van der Waals surface area (Å²) in [4.78, 5) is 18.6. The zero-order valence-corrected chi connectivity index (χ0v) is 17.4. The fourth-order valence-corrected chi connectivity index (χ4v) is 3.63. The van der Waals surface area contributed by atoms with Gasteiger partial charge in [0.25, 0.3) is 5.89 Å². The molecule has 0 spiro atoms. The minimum Gasteiger partial charge on any atom is -0.444 e. The molecule has 4 aromatic rings. The van der Waals surface area contributed by atoms with Crippen LogP contribution in [0.2, 0.25) is 0 Å². The maximum Gasteiger partial charge on any atom is 0.293 e. The van der Waals surface area contributed by atoms with Crippen LogP contribution in [0.5, 0.6) is 0 Å². The Balaban J connectivity index is 1.31. The van der Waals surface area contributed by atoms with E-state index < -0.39 is 0 Å². The Morgan fingerprint density at radius 1 is 1.17 bits per heavy atom. The predicted molar refractivity (Wildman–Crippen MR) is 108 cm³/mol. The fourth-order valence-electron chi connectivity index (χ4n) is 3.32. The summed E-state index contributed by atoms with van der Waals surface area (Å²) in [7, 11) is 0. The summed E-state index contributed by atoms with van der Waals surface area (Å²) in [5.41, 5.74) is 2.28. The number of morpholine rings is 1. The third kappa shape index (κ3) is 3.73. The first-order chi connectivity index (χ1) is 14.7. The lowest BCUT2D eigenvalue weighted by atomic mass is 10.2. The van der Waals surface area contributed by atoms with E-state index in [0.717, 1.165) is 11.1 Å². The van der Waals surface area contributed by atoms with E-state index >= 15 is 0 Å². The number of aryl methyl sites for hydroxylation is 1. The van der Waals surface area contributed by atoms with Crippen LogP contribution in [-0.4, -0.2) is 62.2 Å². The predicted octanol–water partition coefficient (Wildman–Crippen LogP) is 2.75. The molecule has 0 radical (unpaired) electrons. The molecule has 11 heteroatoms. The highest BCUT2D eigenvalue weighted by Crippen LogP contribution is 2.27. The first-order valence-corrected chi connectivity index (χ1v) is 10.3. The van der Waals surface area contributed by atoms with Gasteiger partial charge in [0.05, 0.1) is 25.3 Å². The van der Waals surface area contributed by atoms with E-state index in [9.17, 15) is 4.79 Å². The molecule has 0 bridgehead atoms. The number of amides is 1. The van der Waals surface area contributed by atoms with E-state index in [1.165, 1.54) is 0 Å². The maximum atomic E-state index is 12.4. The van der Waals surface area contributed by atoms with Gasteiger partial charge in [-0.05, 0) is 46.3 Å². The maximum absolute atomic E-state index is 12.4. The van der Waals surface area contributed by atoms with E-state index in [1.54, 1.807) is 16.8 Å². The van der Waals surface area contributed by atoms with Gasteiger partial charge in [-0.2, -0.15) is 4.98 Å². The fraction of sp³-hybridized carbons (Fsp3) is 0.316. The molecule has 5 rings (SSSR count). The van der Waals surface area contributed by atoms with Gasteiger partial charge in [0.15, 0.2) is 10.4 Å². The minimum atomic E-state index is 0.0995. The molecule has 1 aliphatic rings. The van der Waals surface area contributed by atoms with Gasteiger partial charge in [-0.15, -0.1) is 5.10 Å². The molecule has 1 amide bonds. The Morgan fingerprint density at radius 3 is 2.83 bits per heavy atom. The van der Waals surface area contributed by atoms with Gasteiger partial charge in [-0.3, -0.25) is 4.79 Å². The van der Waals surface area contributed by atoms with Crippen molar-refractivity contribution in [3.05, 3.63) is 35.0 Å². The molecular weight excluding hydrogens is 456 g/mol. The van der Waals surface area contributed by atoms with Gasteiger partial charge in [0, 0.05) is 25.1 Å². The molecule has 3 aromatic heterocycles. The van der Waals surface area contributed by atoms with Crippen molar-refractivity contribution in [1.29, 1.82) is 0 Å². The van der Waals surface area contributed by atoms with Crippen LogP contribution in [-0.2, 0) is 16.1 Å². The Bertz CT molecular complexity index is 1190. The molecule has 1 aliphatic heterocycles. The number of benzene rings is 1. The molecular formula is C19H17BrN6O4. The van der Waals surface area contributed by atoms with Crippen LogP contribution in [0, 0.1) is 0 Å². The zero-order chi connectivity index (χ0) is 20.5. The molecule has 0 unspecified atom stereocenters. The average molecular weight is 473 g/mol. The third-order valence-corrected chi connectivity index (χ3v) is 5.31. The molecule has 1 fully saturated rings. The number of nitrogens with zero attached hydrogens (tertiary/aromatic N) is 6. The van der Waals surface area contributed by atoms with Gasteiger partial charge in [-0.1, -0.05) is 10.4 Å². The number of hydrogen-bond donors (Lipinski definition) is 0. The highest BCUT2D eigenvalue weighted by atomic mass is 79.9. The topological polar surface area (TPSA) is 112 Å². The summed E-state index contributed by atoms with van der Waals surface area (Å²) in [6.07, 6.45) is 0.368. The largest absolute Gasteiger partial charge is 0.444 e. The molecule has 154 valence electrons. The van der Waals surface area contributed by atoms with Crippen LogP contribution in [0.4, 0.5) is 0 Å². The molecule has 0 atom stereocenters. The van der Waals surface area contributed by atoms with Crippen LogP contribution in [0.15, 0.2) is 43.9 Å². The molecule has 1 saturated heterocycles. The number of halogens is 1. The Hall–Kier alpha value is -3.05. The van der Waals surface area contributed by atoms with Crippen LogP contribution in [0.3, 0.4) is 0 Å². The smallest absolute Gasteiger partial charge is 0.293 e. The molecule has 4 heterocycles. The van der Waals surface area contributed by atoms with E-state index in [0.29, 0.717) is 66.9 Å². The summed E-state index contributed by atoms with van der Waals surface area (Å²) >= 11 is 3.25. The standard InChI is InChI=1S/C19H17BrN6O4/c20-16-4-3-15(29-16)19-21-18(23-30-19)12-1-2-14-13(11-12)22-24-26(14)6-5-17(27)25-7-9-28-10-8-25/h1-4,11H,5-10H2. The summed E-state index contributed by atoms with van der Waals surface area (Å²) < 4.78 is 18.3. The van der Waals surface area contributed by atoms with E-state index in [1.807, 2.05) is 23.1 Å². The summed E-state index contributed by atoms with van der Waals surface area (Å²) in [5.74, 6) is 1.30. The molecule has 0 aliphatic carbocycles. The average Bonchev–Trinajstić information content (AvgIpc) is 3.51. The normalized spacial score (nSPS) is 14.5. The lowest BCUT2D eigenvalue weighted by Gasteiger charge is -2.26. The number of aromatic nitrogens is 5. The molecule has 1 aromatic carbocycles. The second-order valence-electron chi connectivity index (χ2n) is 6.79. The van der Waals surface area contributed by atoms with Crippen molar-refractivity contribution in [1.82, 2.24) is 30.0 Å². The SMILES string of the molecule is O=C(CCn1nnc2cc(-c3noc(-c4ccc(Br)o4)n3)ccc21)N1CCOCC1. The number of carbonyl (C=O) groups excluding carboxylic acids is 1. The van der Waals surface area contributed by atoms with Crippen LogP contribution < -0.4 is 0 Å². The Kier molecular flexibility index (Phi) is 5.05. The first kappa shape index (κ1) is 18.9. The van der Waals surface area contributed by atoms with Gasteiger partial charge < -0.3 is 18.6 Å². The lowest BCUT2D eigenvalue weighted by molar-refractivity contribution is -0.135. The van der Waals surface area contributed by atoms with Gasteiger partial charge in [0.1, 0.15) is 5.52 Å². The first-order valence-electron chi connectivity index (χ1n) is 9.46. The Labute approximate surface area is 178 Å². The highest BCUT2D eigenvalue weighted by Gasteiger charge is 2.18. The number of furan rings is 1. The van der Waals surface area contributed by atoms with E-state index in [-0.39, 0.29) is 5.91 Å². The lowest BCUT2D eigenvalue weighted by Crippen LogP contribution is -2.41. The van der Waals surface area contributed by atoms with Crippen LogP contribution in [0.25, 0.3) is 34.1 Å². The van der Waals surface area contributed by atoms with Crippen molar-refractivity contribution in [3.8, 4) is 23.0 Å². The minimum absolute atomic E-state index is 0.0995. The van der Waals surface area contributed by atoms with Crippen molar-refractivity contribution >= 4 is 32.9 Å². The molecule has 30 heavy (non-hydrogen) atoms. The van der Waals surface area contributed by atoms with E-state index in [2.05, 4.69) is 36.4 Å². The zero-order valence-electron chi connectivity index (χ0n) is 15.8. The van der Waals surface area contributed by atoms with Crippen molar-refractivity contribution in [2.24, 2.45) is 0 Å². The van der Waals surface area contributed by atoms with Crippen LogP contribution in [0.1, 0.15) is 6.42 Å². The van der Waals surface area contributed by atoms with Gasteiger partial charge in [0.2, 0.25) is 11.7 Å². The quantitative estimate of drug-likeness (QED) is 0.435. The van der Waals surface area contributed by atoms with Crippen molar-refractivity contribution < 1.29 is 18.5 Å². The van der Waals surface area contributed by atoms with Crippen molar-refractivity contribution in [2.75, 3.05) is 26.3 Å². The van der Waals surface area contributed by atoms with E-state index in [4.69, 9.17) is 13.7 Å². The monoisotopic (exact) mass is 472 g/mol. The molecule has 0 saturated carbocycles. The highest BCUT2D eigenvalue weighted by molar-refractivity contribution is 9.10. The number of carbonyl (C=O) groups is 1. The van der Waals surface area contributed by atoms with Crippen LogP contribution >= 0.6 is 15.9 Å². The van der Waals surface area contributed by atoms with Gasteiger partial charge in [-0.25, -0.2) is 4.68 Å². The number of hydrogen-bond acceptors (Lipinski definition) is 8. The number of rotatable bonds is 5. The third-order valence-electron chi connectivity index (χ3n) is 4.88. The van der Waals surface area contributed by atoms with Crippen molar-refractivity contribution in [3.63, 3.8) is 0 Å². The Morgan fingerprint density at radius 2 is 2.03 bits per heavy atom. The summed E-state index contributed by atoms with van der Waals surface area (Å²) in [6.45, 7) is 2.93. The second-order valence-corrected chi connectivity index (χ2v) is 7.57. The molecule has 10 nitrogen and oxygen atoms in total. The summed E-state index contributed by atoms with van der Waals surface area (Å²) in [6, 6.07) is 9.11. The summed E-state index contributed by atoms with van der Waals surface area (Å²) in [5, 5.41) is 12.4. The number of fused-ring (bicyclic) bond motifs is 1. The number of ether oxygens (including phenoxy) is 1. The van der Waals surface area contributed by atoms with Gasteiger partial charge >= 0.3 is 0 Å². The van der Waals surface area contributed by atoms with Crippen molar-refractivity contribution in [2.45, 2.75) is 13.0 Å².